The van der Waals surface area contributed by atoms with Gasteiger partial charge in [0.15, 0.2) is 0 Å². The van der Waals surface area contributed by atoms with Crippen LogP contribution in [0.1, 0.15) is 18.4 Å². The maximum absolute atomic E-state index is 13.0. The fourth-order valence-electron chi connectivity index (χ4n) is 3.57. The summed E-state index contributed by atoms with van der Waals surface area (Å²) in [5, 5.41) is 2.78. The Kier molecular flexibility index (Phi) is 6.09. The SMILES string of the molecule is CNS(=O)(=O)c1ccc(-c2cccc(NC(=O)C3(c4ccc(OC(F)(F)F)cc4)CC3)n2)cc1. The third-order valence-corrected chi connectivity index (χ3v) is 6.98. The molecule has 1 saturated carbocycles. The van der Waals surface area contributed by atoms with Crippen molar-refractivity contribution in [3.63, 3.8) is 0 Å². The zero-order chi connectivity index (χ0) is 24.6. The Hall–Kier alpha value is -3.44. The Balaban J connectivity index is 1.49. The minimum Gasteiger partial charge on any atom is -0.406 e. The summed E-state index contributed by atoms with van der Waals surface area (Å²) in [5.41, 5.74) is 0.951. The van der Waals surface area contributed by atoms with Crippen LogP contribution in [0.4, 0.5) is 19.0 Å². The molecule has 178 valence electrons. The van der Waals surface area contributed by atoms with Crippen molar-refractivity contribution in [2.45, 2.75) is 29.5 Å². The molecule has 34 heavy (non-hydrogen) atoms. The van der Waals surface area contributed by atoms with E-state index in [0.717, 1.165) is 0 Å². The Morgan fingerprint density at radius 3 is 2.21 bits per heavy atom. The van der Waals surface area contributed by atoms with Gasteiger partial charge < -0.3 is 10.1 Å². The standard InChI is InChI=1S/C23H20F3N3O4S/c1-27-34(31,32)18-11-5-15(6-12-18)19-3-2-4-20(28-19)29-21(30)22(13-14-22)16-7-9-17(10-8-16)33-23(24,25)26/h2-12,27H,13-14H2,1H3,(H,28,29,30). The van der Waals surface area contributed by atoms with Crippen molar-refractivity contribution in [3.05, 3.63) is 72.3 Å². The van der Waals surface area contributed by atoms with E-state index in [1.165, 1.54) is 43.4 Å². The number of nitrogens with one attached hydrogen (secondary N) is 2. The van der Waals surface area contributed by atoms with E-state index in [1.807, 2.05) is 0 Å². The van der Waals surface area contributed by atoms with Gasteiger partial charge in [0.1, 0.15) is 11.6 Å². The lowest BCUT2D eigenvalue weighted by atomic mass is 9.95. The molecule has 2 N–H and O–H groups in total. The van der Waals surface area contributed by atoms with Crippen LogP contribution in [0.25, 0.3) is 11.3 Å². The van der Waals surface area contributed by atoms with Crippen molar-refractivity contribution < 1.29 is 31.1 Å². The monoisotopic (exact) mass is 491 g/mol. The largest absolute Gasteiger partial charge is 0.573 e. The molecule has 1 aromatic heterocycles. The zero-order valence-corrected chi connectivity index (χ0v) is 18.7. The first-order chi connectivity index (χ1) is 16.0. The first-order valence-corrected chi connectivity index (χ1v) is 11.7. The second-order valence-corrected chi connectivity index (χ2v) is 9.63. The van der Waals surface area contributed by atoms with Gasteiger partial charge in [0.05, 0.1) is 16.0 Å². The molecular weight excluding hydrogens is 471 g/mol. The molecule has 1 amide bonds. The summed E-state index contributed by atoms with van der Waals surface area (Å²) in [4.78, 5) is 17.6. The van der Waals surface area contributed by atoms with E-state index in [4.69, 9.17) is 0 Å². The van der Waals surface area contributed by atoms with Gasteiger partial charge in [-0.05, 0) is 61.9 Å². The molecule has 1 heterocycles. The number of alkyl halides is 3. The molecule has 0 unspecified atom stereocenters. The maximum atomic E-state index is 13.0. The lowest BCUT2D eigenvalue weighted by Gasteiger charge is -2.17. The molecule has 7 nitrogen and oxygen atoms in total. The van der Waals surface area contributed by atoms with E-state index in [9.17, 15) is 26.4 Å². The quantitative estimate of drug-likeness (QED) is 0.516. The van der Waals surface area contributed by atoms with Crippen LogP contribution in [0.2, 0.25) is 0 Å². The molecule has 0 atom stereocenters. The van der Waals surface area contributed by atoms with Gasteiger partial charge in [0.2, 0.25) is 15.9 Å². The number of aromatic nitrogens is 1. The molecule has 0 bridgehead atoms. The highest BCUT2D eigenvalue weighted by Gasteiger charge is 2.51. The number of carbonyl (C=O) groups is 1. The van der Waals surface area contributed by atoms with Gasteiger partial charge >= 0.3 is 6.36 Å². The van der Waals surface area contributed by atoms with Crippen molar-refractivity contribution in [2.75, 3.05) is 12.4 Å². The fraction of sp³-hybridized carbons (Fsp3) is 0.217. The van der Waals surface area contributed by atoms with E-state index < -0.39 is 21.8 Å². The summed E-state index contributed by atoms with van der Waals surface area (Å²) in [5.74, 6) is -0.356. The number of ether oxygens (including phenoxy) is 1. The summed E-state index contributed by atoms with van der Waals surface area (Å²) in [6, 6.07) is 16.5. The molecule has 1 aliphatic carbocycles. The first-order valence-electron chi connectivity index (χ1n) is 10.2. The predicted molar refractivity (Wildman–Crippen MR) is 119 cm³/mol. The summed E-state index contributed by atoms with van der Waals surface area (Å²) < 4.78 is 67.0. The molecule has 0 aliphatic heterocycles. The van der Waals surface area contributed by atoms with Crippen LogP contribution >= 0.6 is 0 Å². The number of hydrogen-bond acceptors (Lipinski definition) is 5. The minimum absolute atomic E-state index is 0.116. The third kappa shape index (κ3) is 5.05. The second kappa shape index (κ2) is 8.73. The Morgan fingerprint density at radius 2 is 1.65 bits per heavy atom. The van der Waals surface area contributed by atoms with E-state index in [2.05, 4.69) is 19.8 Å². The molecule has 2 aromatic carbocycles. The number of rotatable bonds is 7. The fourth-order valence-corrected chi connectivity index (χ4v) is 4.30. The van der Waals surface area contributed by atoms with E-state index in [1.54, 1.807) is 30.3 Å². The summed E-state index contributed by atoms with van der Waals surface area (Å²) in [6.45, 7) is 0. The van der Waals surface area contributed by atoms with Crippen LogP contribution in [0.5, 0.6) is 5.75 Å². The van der Waals surface area contributed by atoms with Gasteiger partial charge in [0, 0.05) is 5.56 Å². The van der Waals surface area contributed by atoms with Gasteiger partial charge in [-0.3, -0.25) is 4.79 Å². The van der Waals surface area contributed by atoms with Gasteiger partial charge in [0.25, 0.3) is 0 Å². The van der Waals surface area contributed by atoms with Gasteiger partial charge in [-0.25, -0.2) is 18.1 Å². The number of carbonyl (C=O) groups excluding carboxylic acids is 1. The second-order valence-electron chi connectivity index (χ2n) is 7.75. The van der Waals surface area contributed by atoms with Crippen LogP contribution in [0, 0.1) is 0 Å². The topological polar surface area (TPSA) is 97.4 Å². The van der Waals surface area contributed by atoms with Crippen LogP contribution in [0.3, 0.4) is 0 Å². The van der Waals surface area contributed by atoms with Gasteiger partial charge in [-0.1, -0.05) is 30.3 Å². The van der Waals surface area contributed by atoms with Crippen LogP contribution in [0.15, 0.2) is 71.6 Å². The van der Waals surface area contributed by atoms with Crippen LogP contribution in [-0.2, 0) is 20.2 Å². The molecule has 0 spiro atoms. The van der Waals surface area contributed by atoms with Crippen molar-refractivity contribution >= 4 is 21.7 Å². The van der Waals surface area contributed by atoms with E-state index >= 15 is 0 Å². The smallest absolute Gasteiger partial charge is 0.406 e. The Morgan fingerprint density at radius 1 is 1.00 bits per heavy atom. The highest BCUT2D eigenvalue weighted by atomic mass is 32.2. The zero-order valence-electron chi connectivity index (χ0n) is 17.9. The number of halogens is 3. The molecule has 1 fully saturated rings. The number of amides is 1. The molecule has 0 saturated heterocycles. The molecule has 4 rings (SSSR count). The number of benzene rings is 2. The molecule has 0 radical (unpaired) electrons. The third-order valence-electron chi connectivity index (χ3n) is 5.54. The van der Waals surface area contributed by atoms with Crippen molar-refractivity contribution in [1.29, 1.82) is 0 Å². The summed E-state index contributed by atoms with van der Waals surface area (Å²) in [6.07, 6.45) is -3.67. The van der Waals surface area contributed by atoms with Gasteiger partial charge in [-0.2, -0.15) is 0 Å². The summed E-state index contributed by atoms with van der Waals surface area (Å²) >= 11 is 0. The lowest BCUT2D eigenvalue weighted by molar-refractivity contribution is -0.274. The maximum Gasteiger partial charge on any atom is 0.573 e. The number of nitrogens with zero attached hydrogens (tertiary/aromatic N) is 1. The highest BCUT2D eigenvalue weighted by molar-refractivity contribution is 7.89. The van der Waals surface area contributed by atoms with E-state index in [-0.39, 0.29) is 16.6 Å². The minimum atomic E-state index is -4.78. The predicted octanol–water partition coefficient (Wildman–Crippen LogP) is 4.23. The van der Waals surface area contributed by atoms with Gasteiger partial charge in [-0.15, -0.1) is 13.2 Å². The van der Waals surface area contributed by atoms with E-state index in [0.29, 0.717) is 35.5 Å². The van der Waals surface area contributed by atoms with Crippen LogP contribution in [-0.4, -0.2) is 32.7 Å². The number of anilines is 1. The number of sulfonamides is 1. The highest BCUT2D eigenvalue weighted by Crippen LogP contribution is 2.49. The normalized spacial score (nSPS) is 14.9. The molecule has 1 aliphatic rings. The Labute approximate surface area is 194 Å². The average Bonchev–Trinajstić information content (AvgIpc) is 3.61. The van der Waals surface area contributed by atoms with Crippen molar-refractivity contribution in [2.24, 2.45) is 0 Å². The molecular formula is C23H20F3N3O4S. The van der Waals surface area contributed by atoms with Crippen molar-refractivity contribution in [3.8, 4) is 17.0 Å². The average molecular weight is 491 g/mol. The molecule has 3 aromatic rings. The number of hydrogen-bond donors (Lipinski definition) is 2. The number of pyridine rings is 1. The lowest BCUT2D eigenvalue weighted by Crippen LogP contribution is -2.28. The van der Waals surface area contributed by atoms with Crippen molar-refractivity contribution in [1.82, 2.24) is 9.71 Å². The Bertz CT molecular complexity index is 1300. The molecule has 11 heteroatoms. The van der Waals surface area contributed by atoms with Crippen LogP contribution < -0.4 is 14.8 Å². The first kappa shape index (κ1) is 23.7. The summed E-state index contributed by atoms with van der Waals surface area (Å²) in [7, 11) is -2.23.